The summed E-state index contributed by atoms with van der Waals surface area (Å²) in [5.74, 6) is 0.718. The summed E-state index contributed by atoms with van der Waals surface area (Å²) in [4.78, 5) is 0. The molecule has 0 radical (unpaired) electrons. The van der Waals surface area contributed by atoms with Gasteiger partial charge in [-0.2, -0.15) is 0 Å². The van der Waals surface area contributed by atoms with E-state index in [-0.39, 0.29) is 0 Å². The first kappa shape index (κ1) is 11.3. The molecule has 0 heteroatoms. The van der Waals surface area contributed by atoms with Crippen LogP contribution in [-0.4, -0.2) is 0 Å². The fourth-order valence-corrected chi connectivity index (χ4v) is 1.97. The number of hydrogen-bond acceptors (Lipinski definition) is 0. The summed E-state index contributed by atoms with van der Waals surface area (Å²) < 4.78 is 0. The van der Waals surface area contributed by atoms with Gasteiger partial charge in [-0.15, -0.1) is 0 Å². The first-order chi connectivity index (χ1) is 6.59. The Kier molecular flexibility index (Phi) is 4.19. The highest BCUT2D eigenvalue weighted by molar-refractivity contribution is 5.24. The first-order valence-corrected chi connectivity index (χ1v) is 5.58. The van der Waals surface area contributed by atoms with Crippen molar-refractivity contribution in [1.82, 2.24) is 0 Å². The average molecular weight is 190 g/mol. The molecule has 1 unspecified atom stereocenters. The standard InChI is InChI=1S/C14H22/c1-11(2)8-9-13-6-5-7-14(13)10-12(3)4/h8-10,14H,5-7H2,1-4H3/b13-9+. The molecule has 1 atom stereocenters. The molecule has 1 aliphatic carbocycles. The summed E-state index contributed by atoms with van der Waals surface area (Å²) in [7, 11) is 0. The minimum Gasteiger partial charge on any atom is -0.0798 e. The molecule has 0 N–H and O–H groups in total. The summed E-state index contributed by atoms with van der Waals surface area (Å²) >= 11 is 0. The van der Waals surface area contributed by atoms with Gasteiger partial charge in [-0.3, -0.25) is 0 Å². The van der Waals surface area contributed by atoms with E-state index in [2.05, 4.69) is 45.9 Å². The van der Waals surface area contributed by atoms with Gasteiger partial charge < -0.3 is 0 Å². The van der Waals surface area contributed by atoms with Crippen LogP contribution in [0.4, 0.5) is 0 Å². The zero-order chi connectivity index (χ0) is 10.6. The molecule has 0 saturated heterocycles. The summed E-state index contributed by atoms with van der Waals surface area (Å²) in [6.07, 6.45) is 11.0. The quantitative estimate of drug-likeness (QED) is 0.556. The van der Waals surface area contributed by atoms with Gasteiger partial charge in [0.05, 0.1) is 0 Å². The van der Waals surface area contributed by atoms with Gasteiger partial charge in [0, 0.05) is 0 Å². The highest BCUT2D eigenvalue weighted by atomic mass is 14.2. The lowest BCUT2D eigenvalue weighted by molar-refractivity contribution is 0.759. The molecule has 0 aromatic heterocycles. The van der Waals surface area contributed by atoms with Crippen LogP contribution in [0, 0.1) is 5.92 Å². The minimum atomic E-state index is 0.718. The Hall–Kier alpha value is -0.780. The molecule has 1 fully saturated rings. The van der Waals surface area contributed by atoms with Crippen molar-refractivity contribution in [2.45, 2.75) is 47.0 Å². The monoisotopic (exact) mass is 190 g/mol. The van der Waals surface area contributed by atoms with Crippen molar-refractivity contribution in [3.63, 3.8) is 0 Å². The third kappa shape index (κ3) is 3.53. The Morgan fingerprint density at radius 2 is 1.86 bits per heavy atom. The highest BCUT2D eigenvalue weighted by Gasteiger charge is 2.17. The SMILES string of the molecule is CC(C)=C/C=C1\CCCC1C=C(C)C. The summed E-state index contributed by atoms with van der Waals surface area (Å²) in [5.41, 5.74) is 4.45. The van der Waals surface area contributed by atoms with Crippen LogP contribution in [0.1, 0.15) is 47.0 Å². The van der Waals surface area contributed by atoms with Crippen molar-refractivity contribution >= 4 is 0 Å². The summed E-state index contributed by atoms with van der Waals surface area (Å²) in [5, 5.41) is 0. The maximum absolute atomic E-state index is 2.41. The Morgan fingerprint density at radius 1 is 1.14 bits per heavy atom. The summed E-state index contributed by atoms with van der Waals surface area (Å²) in [6, 6.07) is 0. The van der Waals surface area contributed by atoms with Crippen LogP contribution in [0.25, 0.3) is 0 Å². The minimum absolute atomic E-state index is 0.718. The van der Waals surface area contributed by atoms with Crippen molar-refractivity contribution in [2.75, 3.05) is 0 Å². The number of allylic oxidation sites excluding steroid dienone is 6. The van der Waals surface area contributed by atoms with Gasteiger partial charge >= 0.3 is 0 Å². The van der Waals surface area contributed by atoms with E-state index in [1.54, 1.807) is 5.57 Å². The zero-order valence-electron chi connectivity index (χ0n) is 9.93. The molecular weight excluding hydrogens is 168 g/mol. The molecule has 1 saturated carbocycles. The van der Waals surface area contributed by atoms with Gasteiger partial charge in [-0.05, 0) is 52.9 Å². The lowest BCUT2D eigenvalue weighted by Gasteiger charge is -2.06. The predicted octanol–water partition coefficient (Wildman–Crippen LogP) is 4.65. The van der Waals surface area contributed by atoms with E-state index in [9.17, 15) is 0 Å². The second-order valence-electron chi connectivity index (χ2n) is 4.73. The molecule has 0 aliphatic heterocycles. The van der Waals surface area contributed by atoms with E-state index in [4.69, 9.17) is 0 Å². The van der Waals surface area contributed by atoms with Crippen LogP contribution in [0.2, 0.25) is 0 Å². The van der Waals surface area contributed by atoms with Crippen LogP contribution in [0.3, 0.4) is 0 Å². The van der Waals surface area contributed by atoms with Crippen molar-refractivity contribution in [1.29, 1.82) is 0 Å². The van der Waals surface area contributed by atoms with E-state index in [0.717, 1.165) is 5.92 Å². The highest BCUT2D eigenvalue weighted by Crippen LogP contribution is 2.32. The molecular formula is C14H22. The van der Waals surface area contributed by atoms with E-state index >= 15 is 0 Å². The Morgan fingerprint density at radius 3 is 2.43 bits per heavy atom. The van der Waals surface area contributed by atoms with Crippen LogP contribution in [0.15, 0.2) is 34.9 Å². The van der Waals surface area contributed by atoms with E-state index in [1.165, 1.54) is 30.4 Å². The van der Waals surface area contributed by atoms with Crippen LogP contribution < -0.4 is 0 Å². The van der Waals surface area contributed by atoms with Crippen molar-refractivity contribution in [3.8, 4) is 0 Å². The molecule has 0 heterocycles. The maximum atomic E-state index is 2.41. The molecule has 1 aliphatic rings. The maximum Gasteiger partial charge on any atom is -0.00176 e. The van der Waals surface area contributed by atoms with Crippen molar-refractivity contribution < 1.29 is 0 Å². The topological polar surface area (TPSA) is 0 Å². The van der Waals surface area contributed by atoms with E-state index in [1.807, 2.05) is 0 Å². The molecule has 1 rings (SSSR count). The Balaban J connectivity index is 2.73. The second kappa shape index (κ2) is 5.19. The van der Waals surface area contributed by atoms with Crippen LogP contribution in [0.5, 0.6) is 0 Å². The third-order valence-electron chi connectivity index (χ3n) is 2.62. The normalized spacial score (nSPS) is 23.7. The van der Waals surface area contributed by atoms with Gasteiger partial charge in [-0.1, -0.05) is 34.9 Å². The van der Waals surface area contributed by atoms with E-state index in [0.29, 0.717) is 0 Å². The van der Waals surface area contributed by atoms with Crippen LogP contribution in [-0.2, 0) is 0 Å². The van der Waals surface area contributed by atoms with Crippen molar-refractivity contribution in [3.05, 3.63) is 34.9 Å². The Bertz CT molecular complexity index is 268. The summed E-state index contributed by atoms with van der Waals surface area (Å²) in [6.45, 7) is 8.69. The molecule has 0 amide bonds. The van der Waals surface area contributed by atoms with Gasteiger partial charge in [0.25, 0.3) is 0 Å². The van der Waals surface area contributed by atoms with Crippen LogP contribution >= 0.6 is 0 Å². The largest absolute Gasteiger partial charge is 0.0798 e. The zero-order valence-corrected chi connectivity index (χ0v) is 9.93. The van der Waals surface area contributed by atoms with E-state index < -0.39 is 0 Å². The molecule has 0 bridgehead atoms. The number of hydrogen-bond donors (Lipinski definition) is 0. The molecule has 78 valence electrons. The smallest absolute Gasteiger partial charge is 0.00176 e. The molecule has 0 aromatic carbocycles. The molecule has 0 aromatic rings. The van der Waals surface area contributed by atoms with Gasteiger partial charge in [0.15, 0.2) is 0 Å². The lowest BCUT2D eigenvalue weighted by Crippen LogP contribution is -1.92. The second-order valence-corrected chi connectivity index (χ2v) is 4.73. The lowest BCUT2D eigenvalue weighted by atomic mass is 9.99. The fourth-order valence-electron chi connectivity index (χ4n) is 1.97. The first-order valence-electron chi connectivity index (χ1n) is 5.58. The van der Waals surface area contributed by atoms with Gasteiger partial charge in [0.1, 0.15) is 0 Å². The number of rotatable bonds is 2. The molecule has 0 nitrogen and oxygen atoms in total. The third-order valence-corrected chi connectivity index (χ3v) is 2.62. The average Bonchev–Trinajstić information content (AvgIpc) is 2.47. The van der Waals surface area contributed by atoms with Gasteiger partial charge in [-0.25, -0.2) is 0 Å². The van der Waals surface area contributed by atoms with Crippen molar-refractivity contribution in [2.24, 2.45) is 5.92 Å². The molecule has 0 spiro atoms. The predicted molar refractivity (Wildman–Crippen MR) is 64.3 cm³/mol. The fraction of sp³-hybridized carbons (Fsp3) is 0.571. The molecule has 14 heavy (non-hydrogen) atoms. The Labute approximate surface area is 88.4 Å². The van der Waals surface area contributed by atoms with Gasteiger partial charge in [0.2, 0.25) is 0 Å².